The summed E-state index contributed by atoms with van der Waals surface area (Å²) in [5.41, 5.74) is 1.04. The Morgan fingerprint density at radius 1 is 0.762 bits per heavy atom. The first kappa shape index (κ1) is 35.7. The van der Waals surface area contributed by atoms with Crippen molar-refractivity contribution in [1.82, 2.24) is 24.5 Å². The highest BCUT2D eigenvalue weighted by molar-refractivity contribution is 7.51. The molecule has 0 bridgehead atoms. The van der Waals surface area contributed by atoms with Crippen LogP contribution in [0.4, 0.5) is 0 Å². The van der Waals surface area contributed by atoms with Crippen molar-refractivity contribution >= 4 is 25.5 Å². The smallest absolute Gasteiger partial charge is 0.339 e. The summed E-state index contributed by atoms with van der Waals surface area (Å²) in [7, 11) is -4.40. The Kier molecular flexibility index (Phi) is 15.5. The summed E-state index contributed by atoms with van der Waals surface area (Å²) in [6.45, 7) is 1.92. The van der Waals surface area contributed by atoms with Crippen LogP contribution in [-0.2, 0) is 25.4 Å². The van der Waals surface area contributed by atoms with Gasteiger partial charge < -0.3 is 30.2 Å². The molecule has 1 aliphatic heterocycles. The second-order valence-electron chi connectivity index (χ2n) is 10.6. The van der Waals surface area contributed by atoms with Gasteiger partial charge in [-0.05, 0) is 12.0 Å². The van der Waals surface area contributed by atoms with Crippen molar-refractivity contribution in [1.29, 1.82) is 0 Å². The standard InChI is InChI=1S/C26H44N5O10P/c32-23(17-31(20-26(37)38)7-6-22-4-2-1-3-5-22)16-27-8-10-28(18-24(33)34)12-14-30(21-42(39,40)41)15-13-29(11-9-27)19-25(35)36/h1-5,23,32H,6-21H2,(H,33,34)(H,35,36)(H,37,38)(H2,39,40,41). The Morgan fingerprint density at radius 2 is 1.24 bits per heavy atom. The van der Waals surface area contributed by atoms with Crippen LogP contribution in [0.2, 0.25) is 0 Å². The Morgan fingerprint density at radius 3 is 1.69 bits per heavy atom. The number of aliphatic carboxylic acids is 3. The van der Waals surface area contributed by atoms with Gasteiger partial charge in [-0.2, -0.15) is 0 Å². The van der Waals surface area contributed by atoms with E-state index in [-0.39, 0.29) is 72.0 Å². The van der Waals surface area contributed by atoms with Gasteiger partial charge in [0.1, 0.15) is 6.29 Å². The van der Waals surface area contributed by atoms with Crippen molar-refractivity contribution < 1.29 is 49.2 Å². The average Bonchev–Trinajstić information content (AvgIpc) is 2.87. The van der Waals surface area contributed by atoms with E-state index >= 15 is 0 Å². The number of hydrogen-bond acceptors (Lipinski definition) is 10. The molecule has 0 radical (unpaired) electrons. The van der Waals surface area contributed by atoms with Gasteiger partial charge in [0.25, 0.3) is 0 Å². The van der Waals surface area contributed by atoms with Gasteiger partial charge in [0, 0.05) is 72.0 Å². The van der Waals surface area contributed by atoms with E-state index in [9.17, 15) is 49.2 Å². The minimum absolute atomic E-state index is 0.102. The molecule has 0 aliphatic carbocycles. The largest absolute Gasteiger partial charge is 0.480 e. The van der Waals surface area contributed by atoms with Crippen molar-refractivity contribution in [3.63, 3.8) is 0 Å². The third-order valence-electron chi connectivity index (χ3n) is 6.89. The van der Waals surface area contributed by atoms with Crippen molar-refractivity contribution in [2.45, 2.75) is 12.5 Å². The molecule has 1 unspecified atom stereocenters. The topological polar surface area (TPSA) is 206 Å². The van der Waals surface area contributed by atoms with Crippen LogP contribution in [-0.4, -0.2) is 177 Å². The summed E-state index contributed by atoms with van der Waals surface area (Å²) >= 11 is 0. The highest BCUT2D eigenvalue weighted by atomic mass is 31.2. The minimum atomic E-state index is -4.40. The quantitative estimate of drug-likeness (QED) is 0.124. The minimum Gasteiger partial charge on any atom is -0.480 e. The normalized spacial score (nSPS) is 18.3. The lowest BCUT2D eigenvalue weighted by molar-refractivity contribution is -0.139. The molecule has 0 saturated carbocycles. The molecule has 1 aliphatic rings. The molecule has 0 spiro atoms. The van der Waals surface area contributed by atoms with Crippen LogP contribution < -0.4 is 0 Å². The van der Waals surface area contributed by atoms with Crippen LogP contribution in [0.15, 0.2) is 30.3 Å². The summed E-state index contributed by atoms with van der Waals surface area (Å²) < 4.78 is 11.7. The van der Waals surface area contributed by atoms with E-state index in [1.165, 1.54) is 4.90 Å². The summed E-state index contributed by atoms with van der Waals surface area (Å²) in [5.74, 6) is -3.11. The fourth-order valence-electron chi connectivity index (χ4n) is 4.87. The molecule has 16 heteroatoms. The molecule has 1 saturated heterocycles. The van der Waals surface area contributed by atoms with E-state index < -0.39 is 37.9 Å². The van der Waals surface area contributed by atoms with Gasteiger partial charge in [0.05, 0.1) is 25.7 Å². The number of β-amino-alcohol motifs (C(OH)–C–C–N with tert-alkyl or cyclic N) is 1. The zero-order valence-corrected chi connectivity index (χ0v) is 24.7. The number of hydrogen-bond donors (Lipinski definition) is 6. The zero-order valence-electron chi connectivity index (χ0n) is 23.8. The molecule has 1 aromatic rings. The van der Waals surface area contributed by atoms with Crippen LogP contribution in [0.1, 0.15) is 5.56 Å². The van der Waals surface area contributed by atoms with Crippen molar-refractivity contribution in [3.8, 4) is 0 Å². The van der Waals surface area contributed by atoms with Crippen molar-refractivity contribution in [2.75, 3.05) is 97.9 Å². The van der Waals surface area contributed by atoms with Gasteiger partial charge in [-0.25, -0.2) is 0 Å². The second-order valence-corrected chi connectivity index (χ2v) is 12.2. The molecule has 42 heavy (non-hydrogen) atoms. The van der Waals surface area contributed by atoms with Gasteiger partial charge in [0.2, 0.25) is 0 Å². The lowest BCUT2D eigenvalue weighted by atomic mass is 10.1. The fourth-order valence-corrected chi connectivity index (χ4v) is 5.68. The van der Waals surface area contributed by atoms with Crippen LogP contribution in [0.25, 0.3) is 0 Å². The monoisotopic (exact) mass is 617 g/mol. The molecule has 0 amide bonds. The fraction of sp³-hybridized carbons (Fsp3) is 0.654. The zero-order chi connectivity index (χ0) is 31.1. The molecule has 15 nitrogen and oxygen atoms in total. The molecule has 6 N–H and O–H groups in total. The Hall–Kier alpha value is -2.46. The third-order valence-corrected chi connectivity index (χ3v) is 7.66. The summed E-state index contributed by atoms with van der Waals surface area (Å²) in [4.78, 5) is 61.8. The second kappa shape index (κ2) is 18.3. The average molecular weight is 618 g/mol. The number of carboxylic acid groups (broad SMARTS) is 3. The lowest BCUT2D eigenvalue weighted by Gasteiger charge is -2.34. The van der Waals surface area contributed by atoms with E-state index in [0.29, 0.717) is 26.1 Å². The SMILES string of the molecule is O=C(O)CN1CCN(CC(O)CN(CCc2ccccc2)CC(=O)O)CCN(CC(=O)O)CCN(CP(=O)(O)O)CC1. The maximum absolute atomic E-state index is 11.7. The maximum Gasteiger partial charge on any atom is 0.339 e. The highest BCUT2D eigenvalue weighted by Crippen LogP contribution is 2.34. The van der Waals surface area contributed by atoms with Crippen LogP contribution >= 0.6 is 7.60 Å². The van der Waals surface area contributed by atoms with E-state index in [1.807, 2.05) is 35.2 Å². The molecular formula is C26H44N5O10P. The number of nitrogens with zero attached hydrogens (tertiary/aromatic N) is 5. The van der Waals surface area contributed by atoms with Gasteiger partial charge in [0.15, 0.2) is 0 Å². The van der Waals surface area contributed by atoms with Crippen LogP contribution in [0, 0.1) is 0 Å². The van der Waals surface area contributed by atoms with Crippen LogP contribution in [0.5, 0.6) is 0 Å². The number of benzene rings is 1. The molecule has 1 atom stereocenters. The van der Waals surface area contributed by atoms with Crippen molar-refractivity contribution in [2.24, 2.45) is 0 Å². The number of rotatable bonds is 15. The Balaban J connectivity index is 2.12. The maximum atomic E-state index is 11.7. The van der Waals surface area contributed by atoms with Gasteiger partial charge >= 0.3 is 25.5 Å². The first-order valence-corrected chi connectivity index (χ1v) is 15.6. The Labute approximate surface area is 245 Å². The van der Waals surface area contributed by atoms with Gasteiger partial charge in [-0.1, -0.05) is 30.3 Å². The lowest BCUT2D eigenvalue weighted by Crippen LogP contribution is -2.50. The Bertz CT molecular complexity index is 998. The predicted molar refractivity (Wildman–Crippen MR) is 153 cm³/mol. The number of aliphatic hydroxyl groups excluding tert-OH is 1. The highest BCUT2D eigenvalue weighted by Gasteiger charge is 2.24. The van der Waals surface area contributed by atoms with Gasteiger partial charge in [-0.15, -0.1) is 0 Å². The number of carbonyl (C=O) groups is 3. The first-order chi connectivity index (χ1) is 19.8. The summed E-state index contributed by atoms with van der Waals surface area (Å²) in [5, 5.41) is 39.1. The molecule has 2 rings (SSSR count). The van der Waals surface area contributed by atoms with E-state index in [2.05, 4.69) is 0 Å². The molecule has 1 aromatic carbocycles. The van der Waals surface area contributed by atoms with Crippen LogP contribution in [0.3, 0.4) is 0 Å². The van der Waals surface area contributed by atoms with E-state index in [4.69, 9.17) is 0 Å². The summed E-state index contributed by atoms with van der Waals surface area (Å²) in [6, 6.07) is 9.60. The first-order valence-electron chi connectivity index (χ1n) is 13.8. The van der Waals surface area contributed by atoms with Crippen molar-refractivity contribution in [3.05, 3.63) is 35.9 Å². The summed E-state index contributed by atoms with van der Waals surface area (Å²) in [6.07, 6.45) is -0.838. The number of carboxylic acids is 3. The predicted octanol–water partition coefficient (Wildman–Crippen LogP) is -1.50. The molecule has 1 heterocycles. The van der Waals surface area contributed by atoms with E-state index in [0.717, 1.165) is 5.56 Å². The van der Waals surface area contributed by atoms with Gasteiger partial charge in [-0.3, -0.25) is 43.4 Å². The molecule has 238 valence electrons. The number of aliphatic hydroxyl groups is 1. The third kappa shape index (κ3) is 16.2. The molecule has 1 fully saturated rings. The molecular weight excluding hydrogens is 573 g/mol. The van der Waals surface area contributed by atoms with E-state index in [1.54, 1.807) is 14.7 Å². The molecule has 0 aromatic heterocycles.